The maximum absolute atomic E-state index is 14.6. The lowest BCUT2D eigenvalue weighted by molar-refractivity contribution is -0.238. The number of hydrogen-bond acceptors (Lipinski definition) is 4. The number of rotatable bonds is 11. The van der Waals surface area contributed by atoms with Gasteiger partial charge in [-0.15, -0.1) is 0 Å². The van der Waals surface area contributed by atoms with Gasteiger partial charge >= 0.3 is 11.9 Å². The average Bonchev–Trinajstić information content (AvgIpc) is 3.39. The number of hydrogen-bond donors (Lipinski definition) is 3. The van der Waals surface area contributed by atoms with Crippen molar-refractivity contribution >= 4 is 23.6 Å². The van der Waals surface area contributed by atoms with Crippen molar-refractivity contribution in [3.05, 3.63) is 12.2 Å². The fourth-order valence-electron chi connectivity index (χ4n) is 13.9. The highest BCUT2D eigenvalue weighted by Gasteiger charge is 2.71. The van der Waals surface area contributed by atoms with E-state index in [4.69, 9.17) is 0 Å². The second-order valence-corrected chi connectivity index (χ2v) is 20.5. The highest BCUT2D eigenvalue weighted by Crippen LogP contribution is 2.77. The first kappa shape index (κ1) is 39.0. The molecule has 0 bridgehead atoms. The van der Waals surface area contributed by atoms with Crippen molar-refractivity contribution in [1.82, 2.24) is 5.32 Å². The van der Waals surface area contributed by atoms with Crippen LogP contribution in [0.15, 0.2) is 12.2 Å². The zero-order valence-electron chi connectivity index (χ0n) is 33.0. The van der Waals surface area contributed by atoms with E-state index in [1.54, 1.807) is 13.8 Å². The third-order valence-corrected chi connectivity index (χ3v) is 16.7. The van der Waals surface area contributed by atoms with Gasteiger partial charge in [0.2, 0.25) is 5.91 Å². The van der Waals surface area contributed by atoms with Gasteiger partial charge in [0.25, 0.3) is 0 Å². The number of allylic oxidation sites excluding steroid dienone is 1. The summed E-state index contributed by atoms with van der Waals surface area (Å²) in [7, 11) is 0. The van der Waals surface area contributed by atoms with Gasteiger partial charge in [0.05, 0.1) is 11.3 Å². The molecule has 5 aliphatic carbocycles. The second kappa shape index (κ2) is 13.0. The number of fused-ring (bicyclic) bond motifs is 7. The second-order valence-electron chi connectivity index (χ2n) is 20.5. The van der Waals surface area contributed by atoms with Gasteiger partial charge in [0.15, 0.2) is 0 Å². The van der Waals surface area contributed by atoms with Gasteiger partial charge in [-0.2, -0.15) is 0 Å². The van der Waals surface area contributed by atoms with Crippen LogP contribution in [0.25, 0.3) is 0 Å². The summed E-state index contributed by atoms with van der Waals surface area (Å²) in [5.41, 5.74) is -0.203. The Balaban J connectivity index is 1.42. The highest BCUT2D eigenvalue weighted by molar-refractivity contribution is 5.89. The normalized spacial score (nSPS) is 41.2. The number of nitrogens with one attached hydrogen (secondary N) is 1. The van der Waals surface area contributed by atoms with Gasteiger partial charge in [-0.1, -0.05) is 60.6 Å². The van der Waals surface area contributed by atoms with Gasteiger partial charge in [0.1, 0.15) is 5.78 Å². The molecule has 0 heterocycles. The number of carbonyl (C=O) groups excluding carboxylic acids is 2. The van der Waals surface area contributed by atoms with Crippen molar-refractivity contribution in [3.63, 3.8) is 0 Å². The van der Waals surface area contributed by atoms with Gasteiger partial charge in [0, 0.05) is 24.3 Å². The lowest BCUT2D eigenvalue weighted by atomic mass is 9.32. The SMILES string of the molecule is C=C(C)[C@@H]1CC[C@]2(C(=O)C[C@@H](CC(C)C)C(=O)O)CC[C@]3(C)[C@H](CC[C@@H]4[C@@]5(C)CC[C@H](NC(=O)CC(C)(C)C(=O)O)C(C)(C)[C@@H]5CC[C@]43C)[C@@H]12. The highest BCUT2D eigenvalue weighted by atomic mass is 16.4. The first-order valence-corrected chi connectivity index (χ1v) is 19.9. The van der Waals surface area contributed by atoms with Crippen LogP contribution in [0.5, 0.6) is 0 Å². The van der Waals surface area contributed by atoms with Crippen LogP contribution in [0.3, 0.4) is 0 Å². The van der Waals surface area contributed by atoms with Gasteiger partial charge in [-0.25, -0.2) is 0 Å². The molecule has 5 saturated carbocycles. The molecule has 0 spiro atoms. The predicted octanol–water partition coefficient (Wildman–Crippen LogP) is 9.34. The summed E-state index contributed by atoms with van der Waals surface area (Å²) in [6, 6.07) is 0.00963. The van der Waals surface area contributed by atoms with Crippen molar-refractivity contribution in [3.8, 4) is 0 Å². The molecule has 0 aromatic heterocycles. The van der Waals surface area contributed by atoms with Crippen molar-refractivity contribution < 1.29 is 29.4 Å². The van der Waals surface area contributed by atoms with Gasteiger partial charge in [-0.05, 0) is 149 Å². The molecule has 50 heavy (non-hydrogen) atoms. The van der Waals surface area contributed by atoms with Crippen LogP contribution in [0, 0.1) is 73.9 Å². The quantitative estimate of drug-likeness (QED) is 0.185. The molecule has 7 nitrogen and oxygen atoms in total. The molecule has 0 saturated heterocycles. The predicted molar refractivity (Wildman–Crippen MR) is 197 cm³/mol. The molecule has 7 heteroatoms. The fraction of sp³-hybridized carbons (Fsp3) is 0.860. The molecule has 5 aliphatic rings. The Morgan fingerprint density at radius 1 is 0.840 bits per heavy atom. The first-order chi connectivity index (χ1) is 23.0. The number of aliphatic carboxylic acids is 2. The molecule has 0 radical (unpaired) electrons. The number of carboxylic acid groups (broad SMARTS) is 2. The van der Waals surface area contributed by atoms with Gasteiger partial charge in [-0.3, -0.25) is 19.2 Å². The minimum Gasteiger partial charge on any atom is -0.481 e. The molecule has 1 amide bonds. The third-order valence-electron chi connectivity index (χ3n) is 16.7. The molecular weight excluding hydrogens is 626 g/mol. The van der Waals surface area contributed by atoms with E-state index in [2.05, 4.69) is 53.4 Å². The molecule has 0 aromatic carbocycles. The maximum Gasteiger partial charge on any atom is 0.309 e. The topological polar surface area (TPSA) is 121 Å². The minimum atomic E-state index is -1.10. The zero-order valence-corrected chi connectivity index (χ0v) is 33.0. The van der Waals surface area contributed by atoms with Crippen LogP contribution in [-0.4, -0.2) is 39.9 Å². The smallest absolute Gasteiger partial charge is 0.309 e. The van der Waals surface area contributed by atoms with Crippen molar-refractivity contribution in [2.75, 3.05) is 0 Å². The molecule has 3 N–H and O–H groups in total. The Morgan fingerprint density at radius 3 is 2.08 bits per heavy atom. The number of amides is 1. The van der Waals surface area contributed by atoms with Crippen molar-refractivity contribution in [1.29, 1.82) is 0 Å². The number of Topliss-reactive ketones (excluding diaryl/α,β-unsaturated/α-hetero) is 1. The van der Waals surface area contributed by atoms with Crippen molar-refractivity contribution in [2.24, 2.45) is 73.9 Å². The molecule has 11 atom stereocenters. The average molecular weight is 696 g/mol. The fourth-order valence-corrected chi connectivity index (χ4v) is 13.9. The van der Waals surface area contributed by atoms with E-state index in [-0.39, 0.29) is 64.1 Å². The number of carboxylic acids is 2. The Bertz CT molecular complexity index is 1400. The molecule has 282 valence electrons. The zero-order chi connectivity index (χ0) is 37.4. The summed E-state index contributed by atoms with van der Waals surface area (Å²) in [4.78, 5) is 51.8. The first-order valence-electron chi connectivity index (χ1n) is 19.9. The Kier molecular flexibility index (Phi) is 10.2. The van der Waals surface area contributed by atoms with E-state index < -0.39 is 28.7 Å². The summed E-state index contributed by atoms with van der Waals surface area (Å²) in [6.45, 7) is 26.3. The lowest BCUT2D eigenvalue weighted by Crippen LogP contribution is -2.68. The molecule has 0 aliphatic heterocycles. The van der Waals surface area contributed by atoms with Crippen molar-refractivity contribution in [2.45, 2.75) is 159 Å². The van der Waals surface area contributed by atoms with Gasteiger partial charge < -0.3 is 15.5 Å². The summed E-state index contributed by atoms with van der Waals surface area (Å²) in [6.07, 6.45) is 10.8. The van der Waals surface area contributed by atoms with E-state index >= 15 is 0 Å². The molecule has 0 aromatic rings. The van der Waals surface area contributed by atoms with Crippen LogP contribution < -0.4 is 5.32 Å². The van der Waals surface area contributed by atoms with E-state index in [1.165, 1.54) is 5.57 Å². The minimum absolute atomic E-state index is 0.00963. The van der Waals surface area contributed by atoms with E-state index in [1.807, 2.05) is 13.8 Å². The molecule has 5 fully saturated rings. The standard InChI is InChI=1S/C43H69NO6/c1-25(2)22-27(36(47)48)23-33(45)43-19-14-28(26(3)4)35(43)29-12-13-31-40(9)17-16-32(44-34(46)24-38(5,6)37(49)50)39(7,8)30(40)15-18-42(31,11)41(29,10)20-21-43/h25,27-32,35H,3,12-24H2,1-2,4-11H3,(H,44,46)(H,47,48)(H,49,50)/t27-,28+,29-,30+,31-,32+,35-,40+,41-,42-,43-/m1/s1. The summed E-state index contributed by atoms with van der Waals surface area (Å²) in [5, 5.41) is 23.0. The lowest BCUT2D eigenvalue weighted by Gasteiger charge is -2.73. The summed E-state index contributed by atoms with van der Waals surface area (Å²) >= 11 is 0. The Morgan fingerprint density at radius 2 is 1.50 bits per heavy atom. The monoisotopic (exact) mass is 696 g/mol. The summed E-state index contributed by atoms with van der Waals surface area (Å²) in [5.74, 6) is -0.251. The van der Waals surface area contributed by atoms with Crippen LogP contribution in [0.2, 0.25) is 0 Å². The number of carbonyl (C=O) groups is 4. The number of ketones is 1. The molecular formula is C43H69NO6. The largest absolute Gasteiger partial charge is 0.481 e. The molecule has 5 rings (SSSR count). The van der Waals surface area contributed by atoms with Crippen LogP contribution in [0.4, 0.5) is 0 Å². The van der Waals surface area contributed by atoms with E-state index in [9.17, 15) is 29.4 Å². The Labute approximate surface area is 302 Å². The van der Waals surface area contributed by atoms with Crippen LogP contribution >= 0.6 is 0 Å². The summed E-state index contributed by atoms with van der Waals surface area (Å²) < 4.78 is 0. The Hall–Kier alpha value is -2.18. The molecule has 0 unspecified atom stereocenters. The van der Waals surface area contributed by atoms with E-state index in [0.29, 0.717) is 30.1 Å². The van der Waals surface area contributed by atoms with E-state index in [0.717, 1.165) is 64.2 Å². The maximum atomic E-state index is 14.6. The van der Waals surface area contributed by atoms with Crippen LogP contribution in [0.1, 0.15) is 153 Å². The third kappa shape index (κ3) is 6.00. The van der Waals surface area contributed by atoms with Crippen LogP contribution in [-0.2, 0) is 19.2 Å².